The van der Waals surface area contributed by atoms with Gasteiger partial charge in [-0.25, -0.2) is 8.42 Å². The van der Waals surface area contributed by atoms with Crippen LogP contribution in [-0.4, -0.2) is 74.8 Å². The second-order valence-corrected chi connectivity index (χ2v) is 11.6. The summed E-state index contributed by atoms with van der Waals surface area (Å²) >= 11 is 0. The number of anilines is 1. The van der Waals surface area contributed by atoms with Crippen molar-refractivity contribution in [1.82, 2.24) is 14.9 Å². The second kappa shape index (κ2) is 13.2. The zero-order valence-electron chi connectivity index (χ0n) is 21.0. The molecule has 1 saturated heterocycles. The highest BCUT2D eigenvalue weighted by atomic mass is 32.2. The molecule has 2 aromatic rings. The van der Waals surface area contributed by atoms with Gasteiger partial charge in [0.15, 0.2) is 0 Å². The number of rotatable bonds is 13. The number of sulfonamides is 1. The van der Waals surface area contributed by atoms with Crippen molar-refractivity contribution in [2.75, 3.05) is 38.6 Å². The van der Waals surface area contributed by atoms with Gasteiger partial charge in [-0.15, -0.1) is 0 Å². The molecule has 36 heavy (non-hydrogen) atoms. The predicted octanol–water partition coefficient (Wildman–Crippen LogP) is 1.38. The summed E-state index contributed by atoms with van der Waals surface area (Å²) in [6.45, 7) is 5.22. The second-order valence-electron chi connectivity index (χ2n) is 9.66. The quantitative estimate of drug-likeness (QED) is 0.294. The van der Waals surface area contributed by atoms with E-state index in [0.717, 1.165) is 12.0 Å². The third-order valence-electron chi connectivity index (χ3n) is 6.07. The zero-order valence-corrected chi connectivity index (χ0v) is 21.8. The topological polar surface area (TPSA) is 134 Å². The Hall–Kier alpha value is -2.50. The fourth-order valence-corrected chi connectivity index (χ4v) is 5.77. The highest BCUT2D eigenvalue weighted by molar-refractivity contribution is 7.89. The summed E-state index contributed by atoms with van der Waals surface area (Å²) in [5, 5.41) is 17.3. The summed E-state index contributed by atoms with van der Waals surface area (Å²) < 4.78 is 33.5. The molecule has 0 bridgehead atoms. The maximum absolute atomic E-state index is 13.4. The van der Waals surface area contributed by atoms with Crippen LogP contribution in [-0.2, 0) is 26.0 Å². The predicted molar refractivity (Wildman–Crippen MR) is 140 cm³/mol. The number of carbonyl (C=O) groups is 1. The van der Waals surface area contributed by atoms with Crippen LogP contribution >= 0.6 is 0 Å². The van der Waals surface area contributed by atoms with Crippen LogP contribution in [0.2, 0.25) is 0 Å². The van der Waals surface area contributed by atoms with Crippen molar-refractivity contribution in [2.24, 2.45) is 5.92 Å². The number of nitrogens with zero attached hydrogens (tertiary/aromatic N) is 1. The van der Waals surface area contributed by atoms with Gasteiger partial charge in [0, 0.05) is 31.4 Å². The van der Waals surface area contributed by atoms with Gasteiger partial charge in [-0.05, 0) is 48.6 Å². The zero-order chi connectivity index (χ0) is 26.1. The molecule has 1 amide bonds. The molecule has 2 aromatic carbocycles. The van der Waals surface area contributed by atoms with Gasteiger partial charge in [-0.3, -0.25) is 4.79 Å². The Morgan fingerprint density at radius 3 is 2.44 bits per heavy atom. The van der Waals surface area contributed by atoms with Crippen molar-refractivity contribution in [1.29, 1.82) is 0 Å². The maximum Gasteiger partial charge on any atom is 0.243 e. The Kier molecular flexibility index (Phi) is 10.3. The molecule has 198 valence electrons. The lowest BCUT2D eigenvalue weighted by molar-refractivity contribution is -0.122. The number of nitrogens with two attached hydrogens (primary N) is 1. The van der Waals surface area contributed by atoms with Crippen molar-refractivity contribution in [3.63, 3.8) is 0 Å². The number of carbonyl (C=O) groups excluding carboxylic acids is 1. The first kappa shape index (κ1) is 28.1. The molecule has 0 spiro atoms. The third kappa shape index (κ3) is 8.28. The van der Waals surface area contributed by atoms with Crippen molar-refractivity contribution in [2.45, 2.75) is 49.8 Å². The number of benzene rings is 2. The van der Waals surface area contributed by atoms with E-state index in [9.17, 15) is 18.3 Å². The number of hydrogen-bond donors (Lipinski definition) is 4. The lowest BCUT2D eigenvalue weighted by atomic mass is 10.0. The van der Waals surface area contributed by atoms with Crippen LogP contribution in [0.1, 0.15) is 25.8 Å². The van der Waals surface area contributed by atoms with Gasteiger partial charge < -0.3 is 26.2 Å². The maximum atomic E-state index is 13.4. The molecule has 0 unspecified atom stereocenters. The smallest absolute Gasteiger partial charge is 0.243 e. The molecule has 3 rings (SSSR count). The molecule has 0 radical (unpaired) electrons. The van der Waals surface area contributed by atoms with Crippen LogP contribution in [0, 0.1) is 5.92 Å². The van der Waals surface area contributed by atoms with Crippen LogP contribution < -0.4 is 16.4 Å². The molecule has 9 nitrogen and oxygen atoms in total. The summed E-state index contributed by atoms with van der Waals surface area (Å²) in [6, 6.07) is 14.9. The van der Waals surface area contributed by atoms with E-state index >= 15 is 0 Å². The van der Waals surface area contributed by atoms with Gasteiger partial charge in [0.1, 0.15) is 0 Å². The summed E-state index contributed by atoms with van der Waals surface area (Å²) in [5.74, 6) is -0.237. The number of amides is 1. The molecule has 0 aromatic heterocycles. The van der Waals surface area contributed by atoms with Crippen LogP contribution in [0.25, 0.3) is 0 Å². The van der Waals surface area contributed by atoms with E-state index < -0.39 is 22.2 Å². The Labute approximate surface area is 214 Å². The van der Waals surface area contributed by atoms with E-state index in [1.54, 1.807) is 0 Å². The minimum atomic E-state index is -3.89. The lowest BCUT2D eigenvalue weighted by Gasteiger charge is -2.31. The van der Waals surface area contributed by atoms with Crippen molar-refractivity contribution in [3.8, 4) is 0 Å². The Balaban J connectivity index is 1.76. The molecule has 10 heteroatoms. The van der Waals surface area contributed by atoms with Crippen molar-refractivity contribution < 1.29 is 23.1 Å². The minimum absolute atomic E-state index is 0.0285. The van der Waals surface area contributed by atoms with E-state index in [2.05, 4.69) is 10.6 Å². The molecule has 5 N–H and O–H groups in total. The monoisotopic (exact) mass is 518 g/mol. The molecular formula is C26H38N4O5S. The van der Waals surface area contributed by atoms with Gasteiger partial charge in [-0.1, -0.05) is 44.2 Å². The molecule has 0 aliphatic carbocycles. The summed E-state index contributed by atoms with van der Waals surface area (Å²) in [6.07, 6.45) is 0.0695. The standard InChI is InChI=1S/C26H38N4O5S/c1-19(2)16-30(36(33,34)23-10-8-21(27)9-11-23)17-25(31)24(14-20-6-4-3-5-7-20)29-26(32)15-28-22-12-13-35-18-22/h3-11,19,22,24-25,28,31H,12-18,27H2,1-2H3,(H,29,32)/t22-,24+,25-/m1/s1. The first-order valence-corrected chi connectivity index (χ1v) is 13.8. The minimum Gasteiger partial charge on any atom is -0.399 e. The van der Waals surface area contributed by atoms with Crippen LogP contribution in [0.3, 0.4) is 0 Å². The molecule has 1 heterocycles. The van der Waals surface area contributed by atoms with Crippen molar-refractivity contribution >= 4 is 21.6 Å². The molecule has 1 aliphatic heterocycles. The summed E-state index contributed by atoms with van der Waals surface area (Å²) in [5.41, 5.74) is 7.12. The van der Waals surface area contributed by atoms with Crippen LogP contribution in [0.15, 0.2) is 59.5 Å². The molecule has 3 atom stereocenters. The van der Waals surface area contributed by atoms with Crippen LogP contribution in [0.5, 0.6) is 0 Å². The Morgan fingerprint density at radius 2 is 1.83 bits per heavy atom. The Bertz CT molecular complexity index is 1060. The summed E-state index contributed by atoms with van der Waals surface area (Å²) in [4.78, 5) is 12.9. The Morgan fingerprint density at radius 1 is 1.14 bits per heavy atom. The third-order valence-corrected chi connectivity index (χ3v) is 7.91. The fraction of sp³-hybridized carbons (Fsp3) is 0.500. The van der Waals surface area contributed by atoms with E-state index in [1.165, 1.54) is 28.6 Å². The first-order valence-electron chi connectivity index (χ1n) is 12.3. The van der Waals surface area contributed by atoms with Gasteiger partial charge in [0.05, 0.1) is 30.2 Å². The average molecular weight is 519 g/mol. The molecular weight excluding hydrogens is 480 g/mol. The number of hydrogen-bond acceptors (Lipinski definition) is 7. The number of aliphatic hydroxyl groups excluding tert-OH is 1. The molecule has 1 aliphatic rings. The SMILES string of the molecule is CC(C)CN(C[C@@H](O)[C@H](Cc1ccccc1)NC(=O)CN[C@@H]1CCOC1)S(=O)(=O)c1ccc(N)cc1. The largest absolute Gasteiger partial charge is 0.399 e. The van der Waals surface area contributed by atoms with Gasteiger partial charge in [0.25, 0.3) is 0 Å². The van der Waals surface area contributed by atoms with Crippen molar-refractivity contribution in [3.05, 3.63) is 60.2 Å². The van der Waals surface area contributed by atoms with Gasteiger partial charge in [-0.2, -0.15) is 4.31 Å². The van der Waals surface area contributed by atoms with E-state index in [4.69, 9.17) is 10.5 Å². The molecule has 1 fully saturated rings. The van der Waals surface area contributed by atoms with E-state index in [-0.39, 0.29) is 42.4 Å². The number of ether oxygens (including phenoxy) is 1. The fourth-order valence-electron chi connectivity index (χ4n) is 4.14. The number of nitrogen functional groups attached to an aromatic ring is 1. The normalized spacial score (nSPS) is 17.9. The molecule has 0 saturated carbocycles. The average Bonchev–Trinajstić information content (AvgIpc) is 3.36. The number of nitrogens with one attached hydrogen (secondary N) is 2. The summed E-state index contributed by atoms with van der Waals surface area (Å²) in [7, 11) is -3.89. The van der Waals surface area contributed by atoms with Gasteiger partial charge >= 0.3 is 0 Å². The first-order chi connectivity index (χ1) is 17.1. The highest BCUT2D eigenvalue weighted by Crippen LogP contribution is 2.20. The van der Waals surface area contributed by atoms with Crippen LogP contribution in [0.4, 0.5) is 5.69 Å². The number of aliphatic hydroxyl groups is 1. The highest BCUT2D eigenvalue weighted by Gasteiger charge is 2.31. The van der Waals surface area contributed by atoms with E-state index in [1.807, 2.05) is 44.2 Å². The van der Waals surface area contributed by atoms with E-state index in [0.29, 0.717) is 25.3 Å². The van der Waals surface area contributed by atoms with Gasteiger partial charge in [0.2, 0.25) is 15.9 Å². The lowest BCUT2D eigenvalue weighted by Crippen LogP contribution is -2.53.